The van der Waals surface area contributed by atoms with Crippen LogP contribution in [0.25, 0.3) is 22.4 Å². The topological polar surface area (TPSA) is 116 Å². The van der Waals surface area contributed by atoms with E-state index in [9.17, 15) is 18.3 Å². The molecule has 37 heavy (non-hydrogen) atoms. The lowest BCUT2D eigenvalue weighted by atomic mass is 9.99. The highest BCUT2D eigenvalue weighted by Gasteiger charge is 2.22. The molecule has 0 radical (unpaired) electrons. The molecular formula is C26H24F3N5O3. The van der Waals surface area contributed by atoms with Crippen molar-refractivity contribution in [2.45, 2.75) is 26.1 Å². The van der Waals surface area contributed by atoms with Crippen LogP contribution in [-0.2, 0) is 11.3 Å². The second-order valence-electron chi connectivity index (χ2n) is 8.15. The van der Waals surface area contributed by atoms with Crippen molar-refractivity contribution < 1.29 is 27.8 Å². The van der Waals surface area contributed by atoms with Crippen LogP contribution in [0.3, 0.4) is 0 Å². The average molecular weight is 512 g/mol. The molecule has 3 aromatic heterocycles. The summed E-state index contributed by atoms with van der Waals surface area (Å²) < 4.78 is 51.7. The smallest absolute Gasteiger partial charge is 0.280 e. The van der Waals surface area contributed by atoms with Gasteiger partial charge in [-0.05, 0) is 61.0 Å². The quantitative estimate of drug-likeness (QED) is 0.328. The molecule has 0 spiro atoms. The summed E-state index contributed by atoms with van der Waals surface area (Å²) in [5.74, 6) is -0.567. The van der Waals surface area contributed by atoms with E-state index in [4.69, 9.17) is 15.2 Å². The molecular weight excluding hydrogens is 487 g/mol. The number of benzene rings is 1. The van der Waals surface area contributed by atoms with Crippen molar-refractivity contribution in [2.75, 3.05) is 19.5 Å². The van der Waals surface area contributed by atoms with Gasteiger partial charge in [0.15, 0.2) is 0 Å². The Bertz CT molecular complexity index is 1390. The number of pyridine rings is 2. The van der Waals surface area contributed by atoms with Gasteiger partial charge in [-0.25, -0.2) is 18.2 Å². The number of aromatic nitrogens is 4. The van der Waals surface area contributed by atoms with Gasteiger partial charge >= 0.3 is 0 Å². The van der Waals surface area contributed by atoms with Crippen molar-refractivity contribution in [1.29, 1.82) is 0 Å². The van der Waals surface area contributed by atoms with Crippen LogP contribution in [0.1, 0.15) is 35.3 Å². The van der Waals surface area contributed by atoms with Crippen LogP contribution in [0, 0.1) is 12.7 Å². The van der Waals surface area contributed by atoms with Crippen molar-refractivity contribution in [3.8, 4) is 28.3 Å². The van der Waals surface area contributed by atoms with Crippen molar-refractivity contribution in [1.82, 2.24) is 19.9 Å². The second-order valence-corrected chi connectivity index (χ2v) is 8.15. The zero-order chi connectivity index (χ0) is 26.5. The zero-order valence-corrected chi connectivity index (χ0v) is 20.0. The molecule has 4 aromatic rings. The highest BCUT2D eigenvalue weighted by atomic mass is 19.3. The Morgan fingerprint density at radius 2 is 1.70 bits per heavy atom. The Balaban J connectivity index is 1.81. The van der Waals surface area contributed by atoms with E-state index in [1.54, 1.807) is 31.2 Å². The number of hydrogen-bond donors (Lipinski definition) is 2. The molecule has 0 amide bonds. The molecule has 11 heteroatoms. The van der Waals surface area contributed by atoms with Crippen LogP contribution in [0.5, 0.6) is 5.88 Å². The van der Waals surface area contributed by atoms with E-state index in [1.165, 1.54) is 37.4 Å². The summed E-state index contributed by atoms with van der Waals surface area (Å²) in [7, 11) is 1.47. The van der Waals surface area contributed by atoms with Gasteiger partial charge in [0, 0.05) is 18.4 Å². The van der Waals surface area contributed by atoms with Crippen LogP contribution in [0.2, 0.25) is 0 Å². The minimum absolute atomic E-state index is 0.0160. The van der Waals surface area contributed by atoms with E-state index >= 15 is 0 Å². The molecule has 4 rings (SSSR count). The molecule has 0 aliphatic carbocycles. The van der Waals surface area contributed by atoms with Gasteiger partial charge in [0.25, 0.3) is 6.43 Å². The third-order valence-corrected chi connectivity index (χ3v) is 5.35. The Hall–Kier alpha value is -4.09. The molecule has 1 aromatic carbocycles. The molecule has 0 fully saturated rings. The van der Waals surface area contributed by atoms with Crippen LogP contribution in [-0.4, -0.2) is 38.8 Å². The largest absolute Gasteiger partial charge is 0.471 e. The maximum atomic E-state index is 13.6. The number of aliphatic hydroxyl groups excluding tert-OH is 1. The first-order chi connectivity index (χ1) is 17.7. The van der Waals surface area contributed by atoms with Gasteiger partial charge in [-0.1, -0.05) is 6.07 Å². The lowest BCUT2D eigenvalue weighted by Crippen LogP contribution is -2.10. The summed E-state index contributed by atoms with van der Waals surface area (Å²) in [6.07, 6.45) is -3.73. The molecule has 1 unspecified atom stereocenters. The molecule has 0 aliphatic rings. The third-order valence-electron chi connectivity index (χ3n) is 5.35. The summed E-state index contributed by atoms with van der Waals surface area (Å²) in [6, 6.07) is 13.4. The van der Waals surface area contributed by atoms with E-state index in [-0.39, 0.29) is 36.3 Å². The second kappa shape index (κ2) is 11.3. The van der Waals surface area contributed by atoms with Crippen LogP contribution in [0.4, 0.5) is 19.1 Å². The standard InChI is InChI=1S/C26H24F3N5O3/c1-14-10-16(11-20(31-14)24(28)29)22-23(15-6-8-17(27)9-7-15)33-26(30)34-25(22)37-12-18-4-3-5-19(32-18)21(35)13-36-2/h3-11,21,24,35H,12-13H2,1-2H3,(H2,30,33,34). The number of ether oxygens (including phenoxy) is 2. The molecule has 3 heterocycles. The van der Waals surface area contributed by atoms with E-state index in [0.717, 1.165) is 0 Å². The summed E-state index contributed by atoms with van der Waals surface area (Å²) in [5.41, 5.74) is 8.12. The Labute approximate surface area is 211 Å². The zero-order valence-electron chi connectivity index (χ0n) is 20.0. The van der Waals surface area contributed by atoms with Gasteiger partial charge in [0.1, 0.15) is 24.2 Å². The van der Waals surface area contributed by atoms with Crippen LogP contribution in [0.15, 0.2) is 54.6 Å². The first-order valence-corrected chi connectivity index (χ1v) is 11.2. The number of nitrogens with two attached hydrogens (primary N) is 1. The van der Waals surface area contributed by atoms with Crippen molar-refractivity contribution in [3.63, 3.8) is 0 Å². The maximum Gasteiger partial charge on any atom is 0.280 e. The fourth-order valence-electron chi connectivity index (χ4n) is 3.74. The number of hydrogen-bond acceptors (Lipinski definition) is 8. The minimum Gasteiger partial charge on any atom is -0.471 e. The number of halogens is 3. The Kier molecular flexibility index (Phi) is 7.95. The predicted octanol–water partition coefficient (Wildman–Crippen LogP) is 4.83. The molecule has 0 aliphatic heterocycles. The van der Waals surface area contributed by atoms with Gasteiger partial charge < -0.3 is 20.3 Å². The van der Waals surface area contributed by atoms with E-state index in [1.807, 2.05) is 0 Å². The maximum absolute atomic E-state index is 13.6. The fourth-order valence-corrected chi connectivity index (χ4v) is 3.74. The summed E-state index contributed by atoms with van der Waals surface area (Å²) in [4.78, 5) is 16.8. The van der Waals surface area contributed by atoms with Crippen molar-refractivity contribution >= 4 is 5.95 Å². The normalized spacial score (nSPS) is 12.1. The van der Waals surface area contributed by atoms with Gasteiger partial charge in [-0.3, -0.25) is 9.97 Å². The first kappa shape index (κ1) is 26.0. The molecule has 0 bridgehead atoms. The highest BCUT2D eigenvalue weighted by Crippen LogP contribution is 2.39. The summed E-state index contributed by atoms with van der Waals surface area (Å²) in [5, 5.41) is 10.2. The van der Waals surface area contributed by atoms with E-state index < -0.39 is 24.0 Å². The Morgan fingerprint density at radius 1 is 0.946 bits per heavy atom. The fraction of sp³-hybridized carbons (Fsp3) is 0.231. The van der Waals surface area contributed by atoms with Crippen LogP contribution >= 0.6 is 0 Å². The minimum atomic E-state index is -2.81. The van der Waals surface area contributed by atoms with Crippen molar-refractivity contribution in [2.24, 2.45) is 0 Å². The predicted molar refractivity (Wildman–Crippen MR) is 130 cm³/mol. The van der Waals surface area contributed by atoms with Gasteiger partial charge in [-0.15, -0.1) is 0 Å². The summed E-state index contributed by atoms with van der Waals surface area (Å²) in [6.45, 7) is 1.58. The number of nitrogens with zero attached hydrogens (tertiary/aromatic N) is 4. The molecule has 0 saturated carbocycles. The first-order valence-electron chi connectivity index (χ1n) is 11.2. The molecule has 192 valence electrons. The number of aryl methyl sites for hydroxylation is 1. The SMILES string of the molecule is COCC(O)c1cccc(COc2nc(N)nc(-c3ccc(F)cc3)c2-c2cc(C)nc(C(F)F)c2)n1. The Morgan fingerprint density at radius 3 is 2.41 bits per heavy atom. The van der Waals surface area contributed by atoms with Gasteiger partial charge in [0.2, 0.25) is 11.8 Å². The van der Waals surface area contributed by atoms with Crippen LogP contribution < -0.4 is 10.5 Å². The number of methoxy groups -OCH3 is 1. The van der Waals surface area contributed by atoms with Crippen molar-refractivity contribution in [3.05, 3.63) is 83.2 Å². The molecule has 8 nitrogen and oxygen atoms in total. The number of anilines is 1. The van der Waals surface area contributed by atoms with E-state index in [0.29, 0.717) is 28.2 Å². The summed E-state index contributed by atoms with van der Waals surface area (Å²) >= 11 is 0. The number of rotatable bonds is 9. The lowest BCUT2D eigenvalue weighted by Gasteiger charge is -2.17. The van der Waals surface area contributed by atoms with E-state index in [2.05, 4.69) is 19.9 Å². The number of nitrogen functional groups attached to an aromatic ring is 1. The number of alkyl halides is 2. The molecule has 3 N–H and O–H groups in total. The average Bonchev–Trinajstić information content (AvgIpc) is 2.87. The number of aliphatic hydroxyl groups is 1. The third kappa shape index (κ3) is 6.19. The molecule has 1 atom stereocenters. The monoisotopic (exact) mass is 511 g/mol. The lowest BCUT2D eigenvalue weighted by molar-refractivity contribution is 0.0614. The van der Waals surface area contributed by atoms with Gasteiger partial charge in [0.05, 0.1) is 29.3 Å². The highest BCUT2D eigenvalue weighted by molar-refractivity contribution is 5.85. The molecule has 0 saturated heterocycles. The van der Waals surface area contributed by atoms with Gasteiger partial charge in [-0.2, -0.15) is 4.98 Å².